The molecule has 0 aliphatic carbocycles. The summed E-state index contributed by atoms with van der Waals surface area (Å²) in [7, 11) is 1.54. The van der Waals surface area contributed by atoms with Gasteiger partial charge in [-0.1, -0.05) is 65.4 Å². The number of benzene rings is 3. The first-order valence-electron chi connectivity index (χ1n) is 14.3. The summed E-state index contributed by atoms with van der Waals surface area (Å²) in [5.41, 5.74) is 2.53. The highest BCUT2D eigenvalue weighted by molar-refractivity contribution is 7.07. The Morgan fingerprint density at radius 1 is 1.07 bits per heavy atom. The van der Waals surface area contributed by atoms with Gasteiger partial charge < -0.3 is 18.9 Å². The van der Waals surface area contributed by atoms with Crippen molar-refractivity contribution in [2.24, 2.45) is 4.99 Å². The van der Waals surface area contributed by atoms with E-state index < -0.39 is 12.0 Å². The molecule has 0 fully saturated rings. The molecular formula is C34H33ClN2O6S. The van der Waals surface area contributed by atoms with Gasteiger partial charge in [0.25, 0.3) is 5.56 Å². The molecule has 0 saturated carbocycles. The van der Waals surface area contributed by atoms with Crippen molar-refractivity contribution in [3.8, 4) is 17.2 Å². The van der Waals surface area contributed by atoms with Crippen LogP contribution in [0, 0.1) is 0 Å². The van der Waals surface area contributed by atoms with Crippen LogP contribution in [-0.2, 0) is 9.53 Å². The lowest BCUT2D eigenvalue weighted by molar-refractivity contribution is -0.138. The standard InChI is InChI=1S/C34H33ClN2O6S/c1-6-41-24-15-13-23(14-16-24)30-28(33(39)42-7-2)29(22-11-9-8-10-12-22)36-34-37(30)32(38)27(44-34)19-21-17-25(35)31(43-20(3)4)26(18-21)40-5/h8-20,30H,6-7H2,1-5H3/b27-19-/t30-/m0/s1. The Balaban J connectivity index is 1.76. The highest BCUT2D eigenvalue weighted by Crippen LogP contribution is 2.38. The van der Waals surface area contributed by atoms with Gasteiger partial charge in [0, 0.05) is 5.56 Å². The van der Waals surface area contributed by atoms with Gasteiger partial charge in [0.15, 0.2) is 16.3 Å². The van der Waals surface area contributed by atoms with Crippen LogP contribution in [-0.4, -0.2) is 37.0 Å². The molecular weight excluding hydrogens is 600 g/mol. The quantitative estimate of drug-likeness (QED) is 0.206. The van der Waals surface area contributed by atoms with E-state index in [-0.39, 0.29) is 23.8 Å². The molecule has 5 rings (SSSR count). The van der Waals surface area contributed by atoms with E-state index in [1.165, 1.54) is 18.4 Å². The largest absolute Gasteiger partial charge is 0.494 e. The number of thiazole rings is 1. The van der Waals surface area contributed by atoms with E-state index in [1.54, 1.807) is 29.7 Å². The molecule has 0 unspecified atom stereocenters. The number of hydrogen-bond donors (Lipinski definition) is 0. The second-order valence-electron chi connectivity index (χ2n) is 10.1. The molecule has 8 nitrogen and oxygen atoms in total. The molecule has 1 aliphatic heterocycles. The van der Waals surface area contributed by atoms with Crippen molar-refractivity contribution in [1.29, 1.82) is 0 Å². The Morgan fingerprint density at radius 2 is 1.80 bits per heavy atom. The first-order valence-corrected chi connectivity index (χ1v) is 15.5. The maximum atomic E-state index is 14.2. The minimum Gasteiger partial charge on any atom is -0.494 e. The number of halogens is 1. The Morgan fingerprint density at radius 3 is 2.43 bits per heavy atom. The van der Waals surface area contributed by atoms with Gasteiger partial charge in [0.05, 0.1) is 53.3 Å². The SMILES string of the molecule is CCOC(=O)C1=C(c2ccccc2)N=c2s/c(=C\c3cc(Cl)c(OC(C)C)c(OC)c3)c(=O)n2[C@H]1c1ccc(OCC)cc1. The molecule has 0 saturated heterocycles. The molecule has 228 valence electrons. The number of rotatable bonds is 10. The van der Waals surface area contributed by atoms with E-state index in [4.69, 9.17) is 35.5 Å². The normalized spacial score (nSPS) is 14.7. The van der Waals surface area contributed by atoms with E-state index in [0.29, 0.717) is 55.0 Å². The van der Waals surface area contributed by atoms with Gasteiger partial charge in [-0.3, -0.25) is 9.36 Å². The second kappa shape index (κ2) is 13.5. The molecule has 10 heteroatoms. The van der Waals surface area contributed by atoms with Gasteiger partial charge >= 0.3 is 5.97 Å². The highest BCUT2D eigenvalue weighted by atomic mass is 35.5. The van der Waals surface area contributed by atoms with Crippen LogP contribution in [0.5, 0.6) is 17.2 Å². The molecule has 3 aromatic carbocycles. The van der Waals surface area contributed by atoms with Gasteiger partial charge in [-0.2, -0.15) is 0 Å². The van der Waals surface area contributed by atoms with E-state index in [1.807, 2.05) is 75.4 Å². The molecule has 0 bridgehead atoms. The third kappa shape index (κ3) is 6.30. The number of hydrogen-bond acceptors (Lipinski definition) is 8. The van der Waals surface area contributed by atoms with Crippen molar-refractivity contribution in [3.63, 3.8) is 0 Å². The molecule has 0 N–H and O–H groups in total. The van der Waals surface area contributed by atoms with Crippen molar-refractivity contribution in [1.82, 2.24) is 4.57 Å². The minimum absolute atomic E-state index is 0.106. The van der Waals surface area contributed by atoms with Crippen LogP contribution < -0.4 is 29.1 Å². The Bertz CT molecular complexity index is 1880. The summed E-state index contributed by atoms with van der Waals surface area (Å²) in [6.45, 7) is 8.15. The summed E-state index contributed by atoms with van der Waals surface area (Å²) in [5, 5.41) is 0.361. The van der Waals surface area contributed by atoms with Crippen molar-refractivity contribution >= 4 is 40.7 Å². The van der Waals surface area contributed by atoms with Crippen LogP contribution in [0.2, 0.25) is 5.02 Å². The molecule has 2 heterocycles. The second-order valence-corrected chi connectivity index (χ2v) is 11.6. The third-order valence-electron chi connectivity index (χ3n) is 6.78. The number of aromatic nitrogens is 1. The zero-order valence-electron chi connectivity index (χ0n) is 25.1. The van der Waals surface area contributed by atoms with Crippen LogP contribution in [0.4, 0.5) is 0 Å². The molecule has 1 atom stereocenters. The smallest absolute Gasteiger partial charge is 0.338 e. The predicted octanol–water partition coefficient (Wildman–Crippen LogP) is 5.78. The molecule has 0 radical (unpaired) electrons. The number of carbonyl (C=O) groups excluding carboxylic acids is 1. The summed E-state index contributed by atoms with van der Waals surface area (Å²) in [6, 6.07) is 19.5. The van der Waals surface area contributed by atoms with Crippen LogP contribution >= 0.6 is 22.9 Å². The Labute approximate surface area is 264 Å². The predicted molar refractivity (Wildman–Crippen MR) is 172 cm³/mol. The maximum absolute atomic E-state index is 14.2. The van der Waals surface area contributed by atoms with Gasteiger partial charge in [-0.05, 0) is 69.2 Å². The van der Waals surface area contributed by atoms with E-state index in [9.17, 15) is 9.59 Å². The van der Waals surface area contributed by atoms with Gasteiger partial charge in [-0.15, -0.1) is 0 Å². The molecule has 1 aromatic heterocycles. The average Bonchev–Trinajstić information content (AvgIpc) is 3.32. The summed E-state index contributed by atoms with van der Waals surface area (Å²) in [6.07, 6.45) is 1.63. The lowest BCUT2D eigenvalue weighted by Crippen LogP contribution is -2.40. The van der Waals surface area contributed by atoms with Crippen molar-refractivity contribution < 1.29 is 23.7 Å². The molecule has 44 heavy (non-hydrogen) atoms. The topological polar surface area (TPSA) is 88.4 Å². The zero-order chi connectivity index (χ0) is 31.4. The van der Waals surface area contributed by atoms with Crippen molar-refractivity contribution in [2.75, 3.05) is 20.3 Å². The Kier molecular flexibility index (Phi) is 9.56. The maximum Gasteiger partial charge on any atom is 0.338 e. The lowest BCUT2D eigenvalue weighted by atomic mass is 9.93. The minimum atomic E-state index is -0.793. The number of fused-ring (bicyclic) bond motifs is 1. The summed E-state index contributed by atoms with van der Waals surface area (Å²) < 4.78 is 24.6. The van der Waals surface area contributed by atoms with E-state index >= 15 is 0 Å². The van der Waals surface area contributed by atoms with Crippen LogP contribution in [0.1, 0.15) is 50.4 Å². The number of methoxy groups -OCH3 is 1. The first-order chi connectivity index (χ1) is 21.2. The fraction of sp³-hybridized carbons (Fsp3) is 0.265. The van der Waals surface area contributed by atoms with Crippen LogP contribution in [0.3, 0.4) is 0 Å². The molecule has 4 aromatic rings. The fourth-order valence-corrected chi connectivity index (χ4v) is 6.26. The highest BCUT2D eigenvalue weighted by Gasteiger charge is 2.35. The van der Waals surface area contributed by atoms with E-state index in [2.05, 4.69) is 0 Å². The summed E-state index contributed by atoms with van der Waals surface area (Å²) in [5.74, 6) is 1.03. The van der Waals surface area contributed by atoms with Gasteiger partial charge in [0.1, 0.15) is 5.75 Å². The van der Waals surface area contributed by atoms with Gasteiger partial charge in [0.2, 0.25) is 0 Å². The number of carbonyl (C=O) groups is 1. The first kappa shape index (κ1) is 31.1. The van der Waals surface area contributed by atoms with E-state index in [0.717, 1.165) is 5.56 Å². The van der Waals surface area contributed by atoms with Crippen LogP contribution in [0.15, 0.2) is 82.1 Å². The lowest BCUT2D eigenvalue weighted by Gasteiger charge is -2.26. The molecule has 0 amide bonds. The molecule has 0 spiro atoms. The third-order valence-corrected chi connectivity index (χ3v) is 8.05. The number of ether oxygens (including phenoxy) is 4. The van der Waals surface area contributed by atoms with Crippen molar-refractivity contribution in [2.45, 2.75) is 39.8 Å². The summed E-state index contributed by atoms with van der Waals surface area (Å²) in [4.78, 5) is 33.2. The van der Waals surface area contributed by atoms with Crippen molar-refractivity contribution in [3.05, 3.63) is 114 Å². The van der Waals surface area contributed by atoms with Gasteiger partial charge in [-0.25, -0.2) is 9.79 Å². The van der Waals surface area contributed by atoms with Crippen LogP contribution in [0.25, 0.3) is 11.8 Å². The average molecular weight is 633 g/mol. The Hall–Kier alpha value is -4.34. The zero-order valence-corrected chi connectivity index (χ0v) is 26.7. The summed E-state index contributed by atoms with van der Waals surface area (Å²) >= 11 is 7.81. The number of nitrogens with zero attached hydrogens (tertiary/aromatic N) is 2. The number of esters is 1. The fourth-order valence-electron chi connectivity index (χ4n) is 4.99. The monoisotopic (exact) mass is 632 g/mol. The molecule has 1 aliphatic rings.